The zero-order valence-electron chi connectivity index (χ0n) is 9.81. The Hall–Kier alpha value is -1.61. The van der Waals surface area contributed by atoms with Crippen molar-refractivity contribution in [3.8, 4) is 0 Å². The molecule has 0 aliphatic heterocycles. The lowest BCUT2D eigenvalue weighted by molar-refractivity contribution is 0.624. The molecule has 2 N–H and O–H groups in total. The fourth-order valence-electron chi connectivity index (χ4n) is 1.83. The van der Waals surface area contributed by atoms with Crippen molar-refractivity contribution in [2.45, 2.75) is 13.3 Å². The maximum absolute atomic E-state index is 13.3. The van der Waals surface area contributed by atoms with E-state index in [0.717, 1.165) is 5.56 Å². The first kappa shape index (κ1) is 12.8. The Balaban J connectivity index is 2.43. The van der Waals surface area contributed by atoms with Crippen LogP contribution in [-0.2, 0) is 6.42 Å². The second kappa shape index (κ2) is 4.94. The Bertz CT molecular complexity index is 597. The molecule has 0 amide bonds. The number of hydrogen-bond acceptors (Lipinski definition) is 1. The molecule has 0 unspecified atom stereocenters. The van der Waals surface area contributed by atoms with Crippen LogP contribution in [0.1, 0.15) is 16.7 Å². The molecule has 0 heterocycles. The molecule has 4 heteroatoms. The summed E-state index contributed by atoms with van der Waals surface area (Å²) in [6.07, 6.45) is 0.352. The van der Waals surface area contributed by atoms with E-state index in [4.69, 9.17) is 17.3 Å². The van der Waals surface area contributed by atoms with Gasteiger partial charge in [-0.3, -0.25) is 0 Å². The number of nitrogen functional groups attached to an aromatic ring is 1. The van der Waals surface area contributed by atoms with Crippen molar-refractivity contribution >= 4 is 17.3 Å². The Morgan fingerprint density at radius 2 is 1.72 bits per heavy atom. The highest BCUT2D eigenvalue weighted by Gasteiger charge is 2.09. The summed E-state index contributed by atoms with van der Waals surface area (Å²) in [5.74, 6) is -0.767. The van der Waals surface area contributed by atoms with Gasteiger partial charge in [0.15, 0.2) is 0 Å². The fourth-order valence-corrected chi connectivity index (χ4v) is 2.01. The van der Waals surface area contributed by atoms with E-state index in [2.05, 4.69) is 0 Å². The number of rotatable bonds is 2. The van der Waals surface area contributed by atoms with Crippen LogP contribution in [0.5, 0.6) is 0 Å². The van der Waals surface area contributed by atoms with Gasteiger partial charge in [-0.1, -0.05) is 11.6 Å². The highest BCUT2D eigenvalue weighted by atomic mass is 35.5. The van der Waals surface area contributed by atoms with Crippen LogP contribution in [-0.4, -0.2) is 0 Å². The van der Waals surface area contributed by atoms with Gasteiger partial charge in [-0.05, 0) is 60.4 Å². The third-order valence-corrected chi connectivity index (χ3v) is 3.28. The molecular formula is C14H12ClF2N. The van der Waals surface area contributed by atoms with E-state index in [1.165, 1.54) is 30.3 Å². The summed E-state index contributed by atoms with van der Waals surface area (Å²) in [5.41, 5.74) is 8.20. The fraction of sp³-hybridized carbons (Fsp3) is 0.143. The Labute approximate surface area is 109 Å². The average molecular weight is 268 g/mol. The standard InChI is InChI=1S/C14H12ClF2N/c1-8-9(5-12(17)7-14(8)18)4-10-6-11(16)2-3-13(10)15/h2-3,5-7H,4,18H2,1H3. The van der Waals surface area contributed by atoms with Crippen LogP contribution < -0.4 is 5.73 Å². The molecule has 0 saturated heterocycles. The summed E-state index contributed by atoms with van der Waals surface area (Å²) in [7, 11) is 0. The van der Waals surface area contributed by atoms with E-state index in [0.29, 0.717) is 28.3 Å². The number of halogens is 3. The van der Waals surface area contributed by atoms with Gasteiger partial charge in [0.05, 0.1) is 0 Å². The minimum Gasteiger partial charge on any atom is -0.398 e. The number of benzene rings is 2. The lowest BCUT2D eigenvalue weighted by Gasteiger charge is -2.10. The van der Waals surface area contributed by atoms with Crippen LogP contribution in [0.25, 0.3) is 0 Å². The van der Waals surface area contributed by atoms with Gasteiger partial charge in [-0.25, -0.2) is 8.78 Å². The van der Waals surface area contributed by atoms with Crippen LogP contribution in [0.15, 0.2) is 30.3 Å². The monoisotopic (exact) mass is 267 g/mol. The van der Waals surface area contributed by atoms with Crippen molar-refractivity contribution in [1.29, 1.82) is 0 Å². The van der Waals surface area contributed by atoms with Crippen LogP contribution >= 0.6 is 11.6 Å². The number of hydrogen-bond donors (Lipinski definition) is 1. The molecule has 0 aliphatic rings. The molecule has 94 valence electrons. The highest BCUT2D eigenvalue weighted by molar-refractivity contribution is 6.31. The Kier molecular flexibility index (Phi) is 3.53. The van der Waals surface area contributed by atoms with Gasteiger partial charge in [0.25, 0.3) is 0 Å². The Morgan fingerprint density at radius 1 is 1.06 bits per heavy atom. The van der Waals surface area contributed by atoms with Crippen LogP contribution in [0.2, 0.25) is 5.02 Å². The molecule has 0 saturated carbocycles. The topological polar surface area (TPSA) is 26.0 Å². The molecule has 0 radical (unpaired) electrons. The van der Waals surface area contributed by atoms with Gasteiger partial charge in [0.2, 0.25) is 0 Å². The second-order valence-electron chi connectivity index (χ2n) is 4.19. The van der Waals surface area contributed by atoms with Crippen LogP contribution in [0.4, 0.5) is 14.5 Å². The van der Waals surface area contributed by atoms with E-state index in [9.17, 15) is 8.78 Å². The minimum atomic E-state index is -0.402. The second-order valence-corrected chi connectivity index (χ2v) is 4.60. The first-order valence-electron chi connectivity index (χ1n) is 5.46. The van der Waals surface area contributed by atoms with Gasteiger partial charge in [-0.15, -0.1) is 0 Å². The van der Waals surface area contributed by atoms with Crippen molar-refractivity contribution < 1.29 is 8.78 Å². The first-order valence-corrected chi connectivity index (χ1v) is 5.83. The summed E-state index contributed by atoms with van der Waals surface area (Å²) >= 11 is 5.99. The zero-order valence-corrected chi connectivity index (χ0v) is 10.6. The van der Waals surface area contributed by atoms with Crippen molar-refractivity contribution in [2.24, 2.45) is 0 Å². The molecule has 0 aromatic heterocycles. The van der Waals surface area contributed by atoms with E-state index < -0.39 is 5.82 Å². The molecule has 2 rings (SSSR count). The molecule has 0 fully saturated rings. The molecule has 1 nitrogen and oxygen atoms in total. The quantitative estimate of drug-likeness (QED) is 0.815. The summed E-state index contributed by atoms with van der Waals surface area (Å²) in [6, 6.07) is 6.80. The minimum absolute atomic E-state index is 0.352. The van der Waals surface area contributed by atoms with Crippen LogP contribution in [0.3, 0.4) is 0 Å². The molecular weight excluding hydrogens is 256 g/mol. The van der Waals surface area contributed by atoms with Gasteiger partial charge in [0, 0.05) is 10.7 Å². The highest BCUT2D eigenvalue weighted by Crippen LogP contribution is 2.25. The van der Waals surface area contributed by atoms with E-state index in [-0.39, 0.29) is 5.82 Å². The Morgan fingerprint density at radius 3 is 2.44 bits per heavy atom. The summed E-state index contributed by atoms with van der Waals surface area (Å²) < 4.78 is 26.5. The molecule has 0 atom stereocenters. The number of nitrogens with two attached hydrogens (primary N) is 1. The van der Waals surface area contributed by atoms with Gasteiger partial charge >= 0.3 is 0 Å². The maximum Gasteiger partial charge on any atom is 0.125 e. The van der Waals surface area contributed by atoms with Crippen molar-refractivity contribution in [3.05, 3.63) is 63.7 Å². The van der Waals surface area contributed by atoms with Crippen molar-refractivity contribution in [2.75, 3.05) is 5.73 Å². The van der Waals surface area contributed by atoms with Gasteiger partial charge in [0.1, 0.15) is 11.6 Å². The lowest BCUT2D eigenvalue weighted by atomic mass is 9.99. The van der Waals surface area contributed by atoms with E-state index >= 15 is 0 Å². The van der Waals surface area contributed by atoms with Crippen molar-refractivity contribution in [1.82, 2.24) is 0 Å². The molecule has 0 spiro atoms. The molecule has 2 aromatic carbocycles. The largest absolute Gasteiger partial charge is 0.398 e. The number of anilines is 1. The third kappa shape index (κ3) is 2.62. The molecule has 18 heavy (non-hydrogen) atoms. The normalized spacial score (nSPS) is 10.7. The van der Waals surface area contributed by atoms with Gasteiger partial charge in [-0.2, -0.15) is 0 Å². The summed E-state index contributed by atoms with van der Waals surface area (Å²) in [5, 5.41) is 0.457. The van der Waals surface area contributed by atoms with Crippen molar-refractivity contribution in [3.63, 3.8) is 0 Å². The zero-order chi connectivity index (χ0) is 13.3. The van der Waals surface area contributed by atoms with E-state index in [1.54, 1.807) is 6.92 Å². The van der Waals surface area contributed by atoms with Gasteiger partial charge < -0.3 is 5.73 Å². The maximum atomic E-state index is 13.3. The first-order chi connectivity index (χ1) is 8.47. The summed E-state index contributed by atoms with van der Waals surface area (Å²) in [4.78, 5) is 0. The third-order valence-electron chi connectivity index (χ3n) is 2.91. The average Bonchev–Trinajstić information content (AvgIpc) is 2.30. The molecule has 0 bridgehead atoms. The predicted octanol–water partition coefficient (Wildman–Crippen LogP) is 4.10. The van der Waals surface area contributed by atoms with Crippen LogP contribution in [0, 0.1) is 18.6 Å². The lowest BCUT2D eigenvalue weighted by Crippen LogP contribution is -1.99. The van der Waals surface area contributed by atoms with E-state index in [1.807, 2.05) is 0 Å². The predicted molar refractivity (Wildman–Crippen MR) is 69.8 cm³/mol. The molecule has 0 aliphatic carbocycles. The SMILES string of the molecule is Cc1c(N)cc(F)cc1Cc1cc(F)ccc1Cl. The smallest absolute Gasteiger partial charge is 0.125 e. The molecule has 2 aromatic rings. The summed E-state index contributed by atoms with van der Waals surface area (Å²) in [6.45, 7) is 1.80.